The van der Waals surface area contributed by atoms with Gasteiger partial charge in [0.2, 0.25) is 5.91 Å². The number of hydrogen-bond acceptors (Lipinski definition) is 3. The largest absolute Gasteiger partial charge is 0.381 e. The molecule has 1 aliphatic rings. The van der Waals surface area contributed by atoms with E-state index in [1.807, 2.05) is 31.3 Å². The van der Waals surface area contributed by atoms with E-state index in [2.05, 4.69) is 0 Å². The minimum absolute atomic E-state index is 0.0783. The maximum absolute atomic E-state index is 12.4. The van der Waals surface area contributed by atoms with Gasteiger partial charge in [-0.05, 0) is 24.5 Å². The van der Waals surface area contributed by atoms with Gasteiger partial charge in [-0.15, -0.1) is 0 Å². The summed E-state index contributed by atoms with van der Waals surface area (Å²) >= 11 is 0. The Morgan fingerprint density at radius 2 is 2.06 bits per heavy atom. The molecule has 1 amide bonds. The molecule has 0 spiro atoms. The number of carbonyl (C=O) groups excluding carboxylic acids is 1. The van der Waals surface area contributed by atoms with Crippen molar-refractivity contribution >= 4 is 11.6 Å². The van der Waals surface area contributed by atoms with E-state index >= 15 is 0 Å². The molecule has 18 heavy (non-hydrogen) atoms. The second-order valence-electron chi connectivity index (χ2n) is 4.62. The molecule has 0 bridgehead atoms. The van der Waals surface area contributed by atoms with E-state index in [1.54, 1.807) is 4.90 Å². The molecule has 4 heteroatoms. The number of nitrogens with two attached hydrogens (primary N) is 1. The number of nitrogens with zero attached hydrogens (tertiary/aromatic N) is 1. The van der Waals surface area contributed by atoms with Gasteiger partial charge in [-0.3, -0.25) is 4.79 Å². The molecule has 1 aromatic carbocycles. The van der Waals surface area contributed by atoms with Crippen molar-refractivity contribution in [3.8, 4) is 0 Å². The highest BCUT2D eigenvalue weighted by molar-refractivity contribution is 5.95. The monoisotopic (exact) mass is 248 g/mol. The van der Waals surface area contributed by atoms with Crippen LogP contribution in [0.4, 0.5) is 5.69 Å². The highest BCUT2D eigenvalue weighted by Crippen LogP contribution is 2.24. The van der Waals surface area contributed by atoms with Gasteiger partial charge < -0.3 is 15.4 Å². The number of para-hydroxylation sites is 1. The molecular formula is C14H20N2O2. The molecule has 1 fully saturated rings. The Labute approximate surface area is 108 Å². The molecule has 2 rings (SSSR count). The molecule has 1 aromatic rings. The van der Waals surface area contributed by atoms with Crippen LogP contribution < -0.4 is 10.6 Å². The van der Waals surface area contributed by atoms with Crippen molar-refractivity contribution in [3.63, 3.8) is 0 Å². The number of anilines is 1. The molecule has 0 atom stereocenters. The number of ether oxygens (including phenoxy) is 1. The summed E-state index contributed by atoms with van der Waals surface area (Å²) in [5, 5.41) is 0. The summed E-state index contributed by atoms with van der Waals surface area (Å²) in [4.78, 5) is 14.1. The lowest BCUT2D eigenvalue weighted by Crippen LogP contribution is -2.36. The topological polar surface area (TPSA) is 55.6 Å². The molecular weight excluding hydrogens is 228 g/mol. The van der Waals surface area contributed by atoms with E-state index in [0.717, 1.165) is 24.1 Å². The fourth-order valence-corrected chi connectivity index (χ4v) is 2.35. The number of carbonyl (C=O) groups is 1. The van der Waals surface area contributed by atoms with Crippen molar-refractivity contribution in [3.05, 3.63) is 29.8 Å². The first-order valence-electron chi connectivity index (χ1n) is 6.37. The highest BCUT2D eigenvalue weighted by Gasteiger charge is 2.25. The molecule has 1 saturated heterocycles. The predicted octanol–water partition coefficient (Wildman–Crippen LogP) is 1.53. The molecule has 98 valence electrons. The van der Waals surface area contributed by atoms with E-state index in [4.69, 9.17) is 10.5 Å². The Morgan fingerprint density at radius 1 is 1.39 bits per heavy atom. The Bertz CT molecular complexity index is 414. The zero-order chi connectivity index (χ0) is 13.0. The highest BCUT2D eigenvalue weighted by atomic mass is 16.5. The van der Waals surface area contributed by atoms with Crippen LogP contribution in [0.3, 0.4) is 0 Å². The second kappa shape index (κ2) is 5.98. The molecule has 0 radical (unpaired) electrons. The van der Waals surface area contributed by atoms with Gasteiger partial charge in [0.25, 0.3) is 0 Å². The van der Waals surface area contributed by atoms with Crippen LogP contribution in [-0.2, 0) is 16.1 Å². The first kappa shape index (κ1) is 13.1. The zero-order valence-electron chi connectivity index (χ0n) is 10.8. The van der Waals surface area contributed by atoms with E-state index in [0.29, 0.717) is 19.8 Å². The molecule has 1 aliphatic heterocycles. The van der Waals surface area contributed by atoms with Crippen LogP contribution in [-0.4, -0.2) is 26.2 Å². The van der Waals surface area contributed by atoms with Crippen molar-refractivity contribution in [1.82, 2.24) is 0 Å². The summed E-state index contributed by atoms with van der Waals surface area (Å²) in [5.41, 5.74) is 7.62. The van der Waals surface area contributed by atoms with Crippen LogP contribution in [0, 0.1) is 5.92 Å². The minimum Gasteiger partial charge on any atom is -0.381 e. The Morgan fingerprint density at radius 3 is 2.72 bits per heavy atom. The summed E-state index contributed by atoms with van der Waals surface area (Å²) < 4.78 is 5.29. The Balaban J connectivity index is 2.14. The number of benzene rings is 1. The summed E-state index contributed by atoms with van der Waals surface area (Å²) in [6.45, 7) is 1.81. The molecule has 0 unspecified atom stereocenters. The molecule has 1 heterocycles. The number of amides is 1. The summed E-state index contributed by atoms with van der Waals surface area (Å²) in [5.74, 6) is 0.244. The van der Waals surface area contributed by atoms with Crippen molar-refractivity contribution in [2.75, 3.05) is 25.2 Å². The van der Waals surface area contributed by atoms with E-state index < -0.39 is 0 Å². The second-order valence-corrected chi connectivity index (χ2v) is 4.62. The van der Waals surface area contributed by atoms with E-state index in [9.17, 15) is 4.79 Å². The standard InChI is InChI=1S/C14H20N2O2/c1-16(13-5-3-2-4-12(13)10-15)14(17)11-6-8-18-9-7-11/h2-5,11H,6-10,15H2,1H3. The van der Waals surface area contributed by atoms with E-state index in [-0.39, 0.29) is 11.8 Å². The van der Waals surface area contributed by atoms with Crippen LogP contribution in [0.1, 0.15) is 18.4 Å². The van der Waals surface area contributed by atoms with Gasteiger partial charge in [-0.1, -0.05) is 18.2 Å². The predicted molar refractivity (Wildman–Crippen MR) is 71.3 cm³/mol. The summed E-state index contributed by atoms with van der Waals surface area (Å²) in [6, 6.07) is 7.78. The summed E-state index contributed by atoms with van der Waals surface area (Å²) in [7, 11) is 1.83. The SMILES string of the molecule is CN(C(=O)C1CCOCC1)c1ccccc1CN. The zero-order valence-corrected chi connectivity index (χ0v) is 10.8. The molecule has 0 aliphatic carbocycles. The van der Waals surface area contributed by atoms with Gasteiger partial charge in [-0.2, -0.15) is 0 Å². The fraction of sp³-hybridized carbons (Fsp3) is 0.500. The lowest BCUT2D eigenvalue weighted by Gasteiger charge is -2.27. The Hall–Kier alpha value is -1.39. The molecule has 4 nitrogen and oxygen atoms in total. The van der Waals surface area contributed by atoms with Gasteiger partial charge in [0, 0.05) is 38.4 Å². The smallest absolute Gasteiger partial charge is 0.230 e. The third kappa shape index (κ3) is 2.71. The van der Waals surface area contributed by atoms with E-state index in [1.165, 1.54) is 0 Å². The van der Waals surface area contributed by atoms with Crippen LogP contribution in [0.15, 0.2) is 24.3 Å². The van der Waals surface area contributed by atoms with Gasteiger partial charge in [0.1, 0.15) is 0 Å². The molecule has 2 N–H and O–H groups in total. The normalized spacial score (nSPS) is 16.6. The quantitative estimate of drug-likeness (QED) is 0.882. The average molecular weight is 248 g/mol. The van der Waals surface area contributed by atoms with Crippen LogP contribution in [0.2, 0.25) is 0 Å². The van der Waals surface area contributed by atoms with Gasteiger partial charge in [0.05, 0.1) is 0 Å². The third-order valence-corrected chi connectivity index (χ3v) is 3.47. The fourth-order valence-electron chi connectivity index (χ4n) is 2.35. The van der Waals surface area contributed by atoms with Gasteiger partial charge in [-0.25, -0.2) is 0 Å². The van der Waals surface area contributed by atoms with Crippen molar-refractivity contribution in [2.24, 2.45) is 11.7 Å². The van der Waals surface area contributed by atoms with Crippen LogP contribution in [0.25, 0.3) is 0 Å². The van der Waals surface area contributed by atoms with Crippen molar-refractivity contribution in [2.45, 2.75) is 19.4 Å². The number of hydrogen-bond donors (Lipinski definition) is 1. The Kier molecular flexibility index (Phi) is 4.33. The first-order valence-corrected chi connectivity index (χ1v) is 6.37. The maximum atomic E-state index is 12.4. The average Bonchev–Trinajstić information content (AvgIpc) is 2.46. The minimum atomic E-state index is 0.0783. The number of rotatable bonds is 3. The molecule has 0 saturated carbocycles. The first-order chi connectivity index (χ1) is 8.74. The lowest BCUT2D eigenvalue weighted by molar-refractivity contribution is -0.124. The van der Waals surface area contributed by atoms with Crippen LogP contribution in [0.5, 0.6) is 0 Å². The van der Waals surface area contributed by atoms with Gasteiger partial charge in [0.15, 0.2) is 0 Å². The van der Waals surface area contributed by atoms with Crippen molar-refractivity contribution < 1.29 is 9.53 Å². The summed E-state index contributed by atoms with van der Waals surface area (Å²) in [6.07, 6.45) is 1.63. The lowest BCUT2D eigenvalue weighted by atomic mass is 9.98. The van der Waals surface area contributed by atoms with Gasteiger partial charge >= 0.3 is 0 Å². The maximum Gasteiger partial charge on any atom is 0.230 e. The third-order valence-electron chi connectivity index (χ3n) is 3.47. The van der Waals surface area contributed by atoms with Crippen LogP contribution >= 0.6 is 0 Å². The molecule has 0 aromatic heterocycles. The van der Waals surface area contributed by atoms with Crippen molar-refractivity contribution in [1.29, 1.82) is 0 Å².